The Balaban J connectivity index is 0.00000242. The summed E-state index contributed by atoms with van der Waals surface area (Å²) in [7, 11) is -2.87. The third kappa shape index (κ3) is 3.57. The van der Waals surface area contributed by atoms with Gasteiger partial charge in [0.05, 0.1) is 12.0 Å². The second-order valence-electron chi connectivity index (χ2n) is 4.82. The van der Waals surface area contributed by atoms with Crippen molar-refractivity contribution in [2.75, 3.05) is 26.7 Å². The van der Waals surface area contributed by atoms with Crippen LogP contribution in [0.1, 0.15) is 17.3 Å². The zero-order valence-electron chi connectivity index (χ0n) is 12.2. The number of sulfonamides is 1. The van der Waals surface area contributed by atoms with Crippen molar-refractivity contribution in [2.45, 2.75) is 17.9 Å². The molecule has 1 heterocycles. The number of methoxy groups -OCH3 is 1. The van der Waals surface area contributed by atoms with Crippen LogP contribution in [0, 0.1) is 5.82 Å². The predicted octanol–water partition coefficient (Wildman–Crippen LogP) is 1.02. The first-order valence-corrected chi connectivity index (χ1v) is 7.92. The molecule has 0 amide bonds. The third-order valence-electron chi connectivity index (χ3n) is 3.31. The van der Waals surface area contributed by atoms with Crippen molar-refractivity contribution < 1.29 is 22.3 Å². The molecule has 1 fully saturated rings. The fourth-order valence-electron chi connectivity index (χ4n) is 2.27. The van der Waals surface area contributed by atoms with E-state index < -0.39 is 27.4 Å². The molecule has 0 aromatic heterocycles. The highest BCUT2D eigenvalue weighted by molar-refractivity contribution is 7.89. The molecule has 1 unspecified atom stereocenters. The smallest absolute Gasteiger partial charge is 0.342 e. The van der Waals surface area contributed by atoms with Gasteiger partial charge in [0.1, 0.15) is 11.4 Å². The molecule has 1 atom stereocenters. The second kappa shape index (κ2) is 7.36. The summed E-state index contributed by atoms with van der Waals surface area (Å²) in [5, 5.41) is 3.12. The Kier molecular flexibility index (Phi) is 6.30. The quantitative estimate of drug-likeness (QED) is 0.822. The molecule has 6 nitrogen and oxygen atoms in total. The van der Waals surface area contributed by atoms with Gasteiger partial charge in [0.2, 0.25) is 10.0 Å². The van der Waals surface area contributed by atoms with Crippen LogP contribution in [0.4, 0.5) is 4.39 Å². The van der Waals surface area contributed by atoms with Crippen molar-refractivity contribution in [3.8, 4) is 0 Å². The summed E-state index contributed by atoms with van der Waals surface area (Å²) in [4.78, 5) is 11.3. The lowest BCUT2D eigenvalue weighted by Gasteiger charge is -2.31. The van der Waals surface area contributed by atoms with Crippen LogP contribution in [0.2, 0.25) is 0 Å². The van der Waals surface area contributed by atoms with E-state index in [1.165, 1.54) is 16.4 Å². The molecule has 22 heavy (non-hydrogen) atoms. The first-order valence-electron chi connectivity index (χ1n) is 6.48. The molecule has 1 aliphatic heterocycles. The number of hydrogen-bond donors (Lipinski definition) is 1. The van der Waals surface area contributed by atoms with E-state index in [9.17, 15) is 17.6 Å². The van der Waals surface area contributed by atoms with Crippen molar-refractivity contribution >= 4 is 28.4 Å². The Morgan fingerprint density at radius 2 is 2.14 bits per heavy atom. The van der Waals surface area contributed by atoms with Crippen LogP contribution in [-0.4, -0.2) is 51.5 Å². The number of halogens is 2. The lowest BCUT2D eigenvalue weighted by Crippen LogP contribution is -2.51. The lowest BCUT2D eigenvalue weighted by molar-refractivity contribution is 0.0590. The van der Waals surface area contributed by atoms with Gasteiger partial charge in [-0.15, -0.1) is 12.4 Å². The van der Waals surface area contributed by atoms with Gasteiger partial charge in [0.25, 0.3) is 0 Å². The van der Waals surface area contributed by atoms with Gasteiger partial charge in [-0.1, -0.05) is 6.07 Å². The van der Waals surface area contributed by atoms with Crippen molar-refractivity contribution in [3.05, 3.63) is 29.6 Å². The maximum Gasteiger partial charge on any atom is 0.342 e. The van der Waals surface area contributed by atoms with E-state index in [2.05, 4.69) is 10.1 Å². The van der Waals surface area contributed by atoms with E-state index >= 15 is 0 Å². The van der Waals surface area contributed by atoms with Crippen LogP contribution in [-0.2, 0) is 14.8 Å². The summed E-state index contributed by atoms with van der Waals surface area (Å²) < 4.78 is 44.9. The molecule has 1 aromatic carbocycles. The van der Waals surface area contributed by atoms with Gasteiger partial charge >= 0.3 is 5.97 Å². The molecule has 0 saturated carbocycles. The van der Waals surface area contributed by atoms with Crippen LogP contribution in [0.5, 0.6) is 0 Å². The van der Waals surface area contributed by atoms with E-state index in [-0.39, 0.29) is 36.4 Å². The fraction of sp³-hybridized carbons (Fsp3) is 0.462. The van der Waals surface area contributed by atoms with Crippen LogP contribution in [0.3, 0.4) is 0 Å². The van der Waals surface area contributed by atoms with Crippen LogP contribution in [0.15, 0.2) is 23.1 Å². The number of nitrogens with one attached hydrogen (secondary N) is 1. The Bertz CT molecular complexity index is 653. The molecular weight excluding hydrogens is 335 g/mol. The highest BCUT2D eigenvalue weighted by Gasteiger charge is 2.33. The molecule has 1 aliphatic rings. The summed E-state index contributed by atoms with van der Waals surface area (Å²) in [5.74, 6) is -1.92. The third-order valence-corrected chi connectivity index (χ3v) is 5.22. The maximum absolute atomic E-state index is 13.9. The highest BCUT2D eigenvalue weighted by atomic mass is 35.5. The van der Waals surface area contributed by atoms with Crippen LogP contribution < -0.4 is 5.32 Å². The Morgan fingerprint density at radius 1 is 1.45 bits per heavy atom. The zero-order chi connectivity index (χ0) is 15.6. The van der Waals surface area contributed by atoms with E-state index in [1.54, 1.807) is 0 Å². The second-order valence-corrected chi connectivity index (χ2v) is 6.73. The molecule has 1 aromatic rings. The minimum atomic E-state index is -3.95. The topological polar surface area (TPSA) is 75.7 Å². The largest absolute Gasteiger partial charge is 0.465 e. The number of benzene rings is 1. The number of carbonyl (C=O) groups excluding carboxylic acids is 1. The summed E-state index contributed by atoms with van der Waals surface area (Å²) >= 11 is 0. The summed E-state index contributed by atoms with van der Waals surface area (Å²) in [6, 6.07) is 3.51. The maximum atomic E-state index is 13.9. The van der Waals surface area contributed by atoms with E-state index in [1.807, 2.05) is 6.92 Å². The first-order chi connectivity index (χ1) is 9.87. The summed E-state index contributed by atoms with van der Waals surface area (Å²) in [5.41, 5.74) is -0.550. The highest BCUT2D eigenvalue weighted by Crippen LogP contribution is 2.24. The van der Waals surface area contributed by atoms with Gasteiger partial charge in [0.15, 0.2) is 0 Å². The molecule has 0 bridgehead atoms. The normalized spacial score (nSPS) is 19.3. The number of hydrogen-bond acceptors (Lipinski definition) is 5. The minimum Gasteiger partial charge on any atom is -0.465 e. The van der Waals surface area contributed by atoms with Crippen molar-refractivity contribution in [2.24, 2.45) is 0 Å². The number of piperazine rings is 1. The fourth-order valence-corrected chi connectivity index (χ4v) is 3.99. The average Bonchev–Trinajstić information content (AvgIpc) is 2.46. The molecule has 9 heteroatoms. The average molecular weight is 353 g/mol. The molecule has 0 spiro atoms. The molecule has 2 rings (SSSR count). The van der Waals surface area contributed by atoms with E-state index in [0.717, 1.165) is 13.2 Å². The van der Waals surface area contributed by atoms with Gasteiger partial charge in [0, 0.05) is 25.7 Å². The van der Waals surface area contributed by atoms with Crippen molar-refractivity contribution in [1.82, 2.24) is 9.62 Å². The molecule has 0 radical (unpaired) electrons. The van der Waals surface area contributed by atoms with Crippen LogP contribution >= 0.6 is 12.4 Å². The molecule has 1 saturated heterocycles. The van der Waals surface area contributed by atoms with Gasteiger partial charge in [-0.25, -0.2) is 17.6 Å². The van der Waals surface area contributed by atoms with Gasteiger partial charge in [-0.05, 0) is 19.1 Å². The molecular formula is C13H18ClFN2O4S. The number of carbonyl (C=O) groups is 1. The Labute approximate surface area is 135 Å². The number of nitrogens with zero attached hydrogens (tertiary/aromatic N) is 1. The molecule has 0 aliphatic carbocycles. The molecule has 1 N–H and O–H groups in total. The molecule has 124 valence electrons. The van der Waals surface area contributed by atoms with Crippen molar-refractivity contribution in [3.63, 3.8) is 0 Å². The number of rotatable bonds is 3. The van der Waals surface area contributed by atoms with Gasteiger partial charge in [-0.3, -0.25) is 0 Å². The Hall–Kier alpha value is -1.22. The number of esters is 1. The number of ether oxygens (including phenoxy) is 1. The predicted molar refractivity (Wildman–Crippen MR) is 81.2 cm³/mol. The standard InChI is InChI=1S/C13H17FN2O4S.ClH/c1-9-8-16(7-6-15-9)21(18,19)11-5-3-4-10(14)12(11)13(17)20-2;/h3-5,9,15H,6-8H2,1-2H3;1H. The zero-order valence-corrected chi connectivity index (χ0v) is 13.8. The Morgan fingerprint density at radius 3 is 2.73 bits per heavy atom. The SMILES string of the molecule is COC(=O)c1c(F)cccc1S(=O)(=O)N1CCNC(C)C1.Cl. The van der Waals surface area contributed by atoms with Gasteiger partial charge in [-0.2, -0.15) is 4.31 Å². The lowest BCUT2D eigenvalue weighted by atomic mass is 10.2. The van der Waals surface area contributed by atoms with Crippen LogP contribution in [0.25, 0.3) is 0 Å². The van der Waals surface area contributed by atoms with Crippen molar-refractivity contribution in [1.29, 1.82) is 0 Å². The first kappa shape index (κ1) is 18.8. The monoisotopic (exact) mass is 352 g/mol. The summed E-state index contributed by atoms with van der Waals surface area (Å²) in [6.45, 7) is 2.89. The summed E-state index contributed by atoms with van der Waals surface area (Å²) in [6.07, 6.45) is 0. The minimum absolute atomic E-state index is 0. The van der Waals surface area contributed by atoms with E-state index in [4.69, 9.17) is 0 Å². The van der Waals surface area contributed by atoms with E-state index in [0.29, 0.717) is 6.54 Å². The van der Waals surface area contributed by atoms with Gasteiger partial charge < -0.3 is 10.1 Å².